The lowest BCUT2D eigenvalue weighted by molar-refractivity contribution is 0.0166. The van der Waals surface area contributed by atoms with Crippen LogP contribution in [0, 0.1) is 0 Å². The summed E-state index contributed by atoms with van der Waals surface area (Å²) in [5.41, 5.74) is 1.49. The van der Waals surface area contributed by atoms with Crippen molar-refractivity contribution in [2.45, 2.75) is 44.8 Å². The monoisotopic (exact) mass is 274 g/mol. The zero-order chi connectivity index (χ0) is 14.0. The number of imidazole rings is 1. The van der Waals surface area contributed by atoms with Crippen LogP contribution in [0.5, 0.6) is 0 Å². The molecule has 1 atom stereocenters. The standard InChI is InChI=1S/C16H22N2O2/c1-2-18-14-7-4-3-6-13(14)17-15(18)12-16(19)8-5-10-20-11-9-16/h3-4,6-7,19H,2,5,8-12H2,1H3. The number of ether oxygens (including phenoxy) is 1. The number of aryl methyl sites for hydroxylation is 1. The normalized spacial score (nSPS) is 23.9. The first kappa shape index (κ1) is 13.6. The van der Waals surface area contributed by atoms with Crippen LogP contribution in [0.2, 0.25) is 0 Å². The minimum Gasteiger partial charge on any atom is -0.389 e. The average Bonchev–Trinajstić information content (AvgIpc) is 2.64. The first-order chi connectivity index (χ1) is 9.72. The summed E-state index contributed by atoms with van der Waals surface area (Å²) in [5.74, 6) is 0.984. The molecule has 0 spiro atoms. The van der Waals surface area contributed by atoms with Crippen molar-refractivity contribution in [2.75, 3.05) is 13.2 Å². The number of aliphatic hydroxyl groups is 1. The highest BCUT2D eigenvalue weighted by atomic mass is 16.5. The van der Waals surface area contributed by atoms with E-state index in [4.69, 9.17) is 9.72 Å². The van der Waals surface area contributed by atoms with E-state index in [1.165, 1.54) is 0 Å². The van der Waals surface area contributed by atoms with Gasteiger partial charge in [0, 0.05) is 26.2 Å². The second kappa shape index (κ2) is 5.54. The van der Waals surface area contributed by atoms with Gasteiger partial charge in [-0.3, -0.25) is 0 Å². The molecule has 0 amide bonds. The molecule has 1 aliphatic heterocycles. The lowest BCUT2D eigenvalue weighted by Gasteiger charge is -2.25. The SMILES string of the molecule is CCn1c(CC2(O)CCCOCC2)nc2ccccc21. The minimum atomic E-state index is -0.676. The van der Waals surface area contributed by atoms with Crippen molar-refractivity contribution in [3.05, 3.63) is 30.1 Å². The van der Waals surface area contributed by atoms with Gasteiger partial charge in [-0.1, -0.05) is 12.1 Å². The Morgan fingerprint density at radius 1 is 1.30 bits per heavy atom. The van der Waals surface area contributed by atoms with Crippen LogP contribution in [-0.4, -0.2) is 33.5 Å². The smallest absolute Gasteiger partial charge is 0.112 e. The summed E-state index contributed by atoms with van der Waals surface area (Å²) in [5, 5.41) is 10.8. The fourth-order valence-corrected chi connectivity index (χ4v) is 3.08. The van der Waals surface area contributed by atoms with Gasteiger partial charge in [0.25, 0.3) is 0 Å². The van der Waals surface area contributed by atoms with Crippen LogP contribution in [0.1, 0.15) is 32.0 Å². The maximum absolute atomic E-state index is 10.8. The zero-order valence-corrected chi connectivity index (χ0v) is 12.0. The largest absolute Gasteiger partial charge is 0.389 e. The van der Waals surface area contributed by atoms with E-state index in [0.717, 1.165) is 42.9 Å². The molecule has 3 rings (SSSR count). The second-order valence-electron chi connectivity index (χ2n) is 5.63. The van der Waals surface area contributed by atoms with E-state index in [2.05, 4.69) is 17.6 Å². The third-order valence-corrected chi connectivity index (χ3v) is 4.18. The molecule has 4 heteroatoms. The predicted octanol–water partition coefficient (Wildman–Crippen LogP) is 2.53. The van der Waals surface area contributed by atoms with Gasteiger partial charge in [-0.15, -0.1) is 0 Å². The van der Waals surface area contributed by atoms with E-state index in [0.29, 0.717) is 19.4 Å². The summed E-state index contributed by atoms with van der Waals surface area (Å²) in [6, 6.07) is 8.17. The number of aromatic nitrogens is 2. The van der Waals surface area contributed by atoms with Gasteiger partial charge in [-0.2, -0.15) is 0 Å². The first-order valence-corrected chi connectivity index (χ1v) is 7.46. The van der Waals surface area contributed by atoms with Crippen molar-refractivity contribution in [3.63, 3.8) is 0 Å². The molecular weight excluding hydrogens is 252 g/mol. The van der Waals surface area contributed by atoms with Crippen LogP contribution in [0.15, 0.2) is 24.3 Å². The second-order valence-corrected chi connectivity index (χ2v) is 5.63. The van der Waals surface area contributed by atoms with E-state index in [9.17, 15) is 5.11 Å². The molecule has 1 fully saturated rings. The molecule has 20 heavy (non-hydrogen) atoms. The highest BCUT2D eigenvalue weighted by Gasteiger charge is 2.30. The summed E-state index contributed by atoms with van der Waals surface area (Å²) in [6.45, 7) is 4.40. The molecule has 2 aromatic rings. The Bertz CT molecular complexity index is 583. The molecule has 1 aromatic heterocycles. The Labute approximate surface area is 119 Å². The summed E-state index contributed by atoms with van der Waals surface area (Å²) in [6.07, 6.45) is 3.02. The van der Waals surface area contributed by atoms with Gasteiger partial charge in [0.05, 0.1) is 16.6 Å². The highest BCUT2D eigenvalue weighted by Crippen LogP contribution is 2.27. The molecule has 1 unspecified atom stereocenters. The number of rotatable bonds is 3. The molecule has 1 aliphatic rings. The molecular formula is C16H22N2O2. The lowest BCUT2D eigenvalue weighted by Crippen LogP contribution is -2.33. The molecule has 0 saturated carbocycles. The summed E-state index contributed by atoms with van der Waals surface area (Å²) >= 11 is 0. The first-order valence-electron chi connectivity index (χ1n) is 7.46. The van der Waals surface area contributed by atoms with Gasteiger partial charge in [0.15, 0.2) is 0 Å². The van der Waals surface area contributed by atoms with Crippen molar-refractivity contribution < 1.29 is 9.84 Å². The van der Waals surface area contributed by atoms with Gasteiger partial charge >= 0.3 is 0 Å². The molecule has 2 heterocycles. The summed E-state index contributed by atoms with van der Waals surface area (Å²) in [7, 11) is 0. The lowest BCUT2D eigenvalue weighted by atomic mass is 9.91. The quantitative estimate of drug-likeness (QED) is 0.935. The van der Waals surface area contributed by atoms with Gasteiger partial charge in [-0.05, 0) is 38.3 Å². The summed E-state index contributed by atoms with van der Waals surface area (Å²) in [4.78, 5) is 4.72. The Balaban J connectivity index is 1.93. The van der Waals surface area contributed by atoms with Crippen molar-refractivity contribution in [1.29, 1.82) is 0 Å². The fraction of sp³-hybridized carbons (Fsp3) is 0.562. The number of hydrogen-bond donors (Lipinski definition) is 1. The molecule has 1 aromatic carbocycles. The fourth-order valence-electron chi connectivity index (χ4n) is 3.08. The van der Waals surface area contributed by atoms with E-state index in [1.807, 2.05) is 18.2 Å². The van der Waals surface area contributed by atoms with E-state index in [1.54, 1.807) is 0 Å². The number of nitrogens with zero attached hydrogens (tertiary/aromatic N) is 2. The predicted molar refractivity (Wildman–Crippen MR) is 78.7 cm³/mol. The van der Waals surface area contributed by atoms with E-state index >= 15 is 0 Å². The van der Waals surface area contributed by atoms with Crippen molar-refractivity contribution in [1.82, 2.24) is 9.55 Å². The zero-order valence-electron chi connectivity index (χ0n) is 12.0. The van der Waals surface area contributed by atoms with Crippen LogP contribution in [0.25, 0.3) is 11.0 Å². The molecule has 1 N–H and O–H groups in total. The van der Waals surface area contributed by atoms with Crippen molar-refractivity contribution >= 4 is 11.0 Å². The Hall–Kier alpha value is -1.39. The molecule has 0 aliphatic carbocycles. The Kier molecular flexibility index (Phi) is 3.76. The van der Waals surface area contributed by atoms with Crippen LogP contribution in [-0.2, 0) is 17.7 Å². The van der Waals surface area contributed by atoms with Gasteiger partial charge in [0.1, 0.15) is 5.82 Å². The Morgan fingerprint density at radius 2 is 2.15 bits per heavy atom. The number of hydrogen-bond acceptors (Lipinski definition) is 3. The van der Waals surface area contributed by atoms with Crippen LogP contribution >= 0.6 is 0 Å². The molecule has 4 nitrogen and oxygen atoms in total. The number of fused-ring (bicyclic) bond motifs is 1. The van der Waals surface area contributed by atoms with Gasteiger partial charge < -0.3 is 14.4 Å². The highest BCUT2D eigenvalue weighted by molar-refractivity contribution is 5.75. The van der Waals surface area contributed by atoms with Crippen LogP contribution in [0.4, 0.5) is 0 Å². The maximum atomic E-state index is 10.8. The molecule has 1 saturated heterocycles. The number of para-hydroxylation sites is 2. The number of benzene rings is 1. The maximum Gasteiger partial charge on any atom is 0.112 e. The van der Waals surface area contributed by atoms with Crippen LogP contribution < -0.4 is 0 Å². The summed E-state index contributed by atoms with van der Waals surface area (Å²) < 4.78 is 7.66. The average molecular weight is 274 g/mol. The molecule has 0 bridgehead atoms. The van der Waals surface area contributed by atoms with Gasteiger partial charge in [-0.25, -0.2) is 4.98 Å². The third kappa shape index (κ3) is 2.58. The topological polar surface area (TPSA) is 47.3 Å². The van der Waals surface area contributed by atoms with Gasteiger partial charge in [0.2, 0.25) is 0 Å². The minimum absolute atomic E-state index is 0.610. The molecule has 108 valence electrons. The van der Waals surface area contributed by atoms with E-state index in [-0.39, 0.29) is 0 Å². The van der Waals surface area contributed by atoms with E-state index < -0.39 is 5.60 Å². The third-order valence-electron chi connectivity index (χ3n) is 4.18. The molecule has 0 radical (unpaired) electrons. The Morgan fingerprint density at radius 3 is 3.00 bits per heavy atom. The van der Waals surface area contributed by atoms with Crippen molar-refractivity contribution in [3.8, 4) is 0 Å². The van der Waals surface area contributed by atoms with Crippen molar-refractivity contribution in [2.24, 2.45) is 0 Å². The van der Waals surface area contributed by atoms with Crippen LogP contribution in [0.3, 0.4) is 0 Å².